The van der Waals surface area contributed by atoms with Crippen LogP contribution in [0.2, 0.25) is 10.0 Å². The van der Waals surface area contributed by atoms with Gasteiger partial charge in [0.05, 0.1) is 22.6 Å². The van der Waals surface area contributed by atoms with Crippen LogP contribution in [0.15, 0.2) is 36.5 Å². The molecular weight excluding hydrogens is 323 g/mol. The van der Waals surface area contributed by atoms with E-state index in [1.165, 1.54) is 0 Å². The highest BCUT2D eigenvalue weighted by atomic mass is 35.5. The van der Waals surface area contributed by atoms with E-state index in [1.807, 2.05) is 6.07 Å². The zero-order valence-electron chi connectivity index (χ0n) is 11.6. The average molecular weight is 337 g/mol. The van der Waals surface area contributed by atoms with Gasteiger partial charge in [-0.05, 0) is 43.2 Å². The first-order chi connectivity index (χ1) is 10.6. The molecule has 0 atom stereocenters. The van der Waals surface area contributed by atoms with E-state index >= 15 is 0 Å². The van der Waals surface area contributed by atoms with Gasteiger partial charge in [-0.2, -0.15) is 0 Å². The summed E-state index contributed by atoms with van der Waals surface area (Å²) >= 11 is 12.0. The fourth-order valence-electron chi connectivity index (χ4n) is 1.85. The molecule has 1 aliphatic rings. The summed E-state index contributed by atoms with van der Waals surface area (Å²) in [5.41, 5.74) is 1.50. The highest BCUT2D eigenvalue weighted by Gasteiger charge is 2.23. The monoisotopic (exact) mass is 336 g/mol. The van der Waals surface area contributed by atoms with Crippen molar-refractivity contribution in [2.45, 2.75) is 18.9 Å². The minimum Gasteiger partial charge on any atom is -0.353 e. The molecule has 2 aromatic rings. The normalized spacial score (nSPS) is 13.5. The number of urea groups is 1. The molecule has 1 heterocycles. The number of carbonyl (C=O) groups is 1. The van der Waals surface area contributed by atoms with Gasteiger partial charge in [-0.3, -0.25) is 5.32 Å². The molecule has 0 spiro atoms. The first kappa shape index (κ1) is 14.9. The Morgan fingerprint density at radius 2 is 2.00 bits per heavy atom. The molecule has 7 heteroatoms. The average Bonchev–Trinajstić information content (AvgIpc) is 3.28. The Labute approximate surface area is 138 Å². The smallest absolute Gasteiger partial charge is 0.320 e. The number of amides is 2. The number of carbonyl (C=O) groups excluding carboxylic acids is 1. The molecule has 1 saturated carbocycles. The van der Waals surface area contributed by atoms with Crippen LogP contribution in [0.5, 0.6) is 0 Å². The van der Waals surface area contributed by atoms with E-state index in [1.54, 1.807) is 30.5 Å². The summed E-state index contributed by atoms with van der Waals surface area (Å²) in [5.74, 6) is 0.492. The molecule has 0 aliphatic heterocycles. The second-order valence-electron chi connectivity index (χ2n) is 5.05. The molecule has 0 bridgehead atoms. The molecular formula is C15H14Cl2N4O. The van der Waals surface area contributed by atoms with Crippen molar-refractivity contribution < 1.29 is 4.79 Å². The lowest BCUT2D eigenvalue weighted by atomic mass is 10.3. The van der Waals surface area contributed by atoms with Gasteiger partial charge in [0.1, 0.15) is 5.82 Å². The van der Waals surface area contributed by atoms with Gasteiger partial charge in [0, 0.05) is 11.1 Å². The van der Waals surface area contributed by atoms with E-state index in [4.69, 9.17) is 23.2 Å². The quantitative estimate of drug-likeness (QED) is 0.774. The summed E-state index contributed by atoms with van der Waals surface area (Å²) in [5, 5.41) is 9.77. The van der Waals surface area contributed by atoms with Crippen molar-refractivity contribution >= 4 is 46.4 Å². The Hall–Kier alpha value is -1.98. The second-order valence-corrected chi connectivity index (χ2v) is 5.90. The predicted molar refractivity (Wildman–Crippen MR) is 89.2 cm³/mol. The molecule has 114 valence electrons. The lowest BCUT2D eigenvalue weighted by molar-refractivity contribution is 0.251. The van der Waals surface area contributed by atoms with Crippen molar-refractivity contribution in [1.82, 2.24) is 10.3 Å². The fraction of sp³-hybridized carbons (Fsp3) is 0.200. The molecule has 1 aromatic carbocycles. The van der Waals surface area contributed by atoms with Crippen LogP contribution in [0.4, 0.5) is 22.0 Å². The molecule has 1 aliphatic carbocycles. The molecule has 0 saturated heterocycles. The molecule has 0 radical (unpaired) electrons. The number of pyridine rings is 1. The number of hydrogen-bond acceptors (Lipinski definition) is 3. The fourth-order valence-corrected chi connectivity index (χ4v) is 2.31. The first-order valence-electron chi connectivity index (χ1n) is 6.86. The number of nitrogens with zero attached hydrogens (tertiary/aromatic N) is 1. The summed E-state index contributed by atoms with van der Waals surface area (Å²) in [6.07, 6.45) is 3.72. The van der Waals surface area contributed by atoms with Crippen LogP contribution >= 0.6 is 23.2 Å². The maximum absolute atomic E-state index is 11.6. The minimum atomic E-state index is -0.226. The van der Waals surface area contributed by atoms with Crippen LogP contribution in [-0.2, 0) is 0 Å². The largest absolute Gasteiger partial charge is 0.353 e. The van der Waals surface area contributed by atoms with Crippen molar-refractivity contribution in [2.75, 3.05) is 10.6 Å². The lowest BCUT2D eigenvalue weighted by Gasteiger charge is -2.10. The number of anilines is 3. The molecule has 22 heavy (non-hydrogen) atoms. The Kier molecular flexibility index (Phi) is 4.36. The van der Waals surface area contributed by atoms with Gasteiger partial charge < -0.3 is 10.6 Å². The second kappa shape index (κ2) is 6.42. The highest BCUT2D eigenvalue weighted by Crippen LogP contribution is 2.28. The standard InChI is InChI=1S/C15H14Cl2N4O/c16-9-1-5-13(12(17)7-9)19-11-4-6-14(18-8-11)21-15(22)20-10-2-3-10/h1,4-8,10,19H,2-3H2,(H2,18,20,21,22). The van der Waals surface area contributed by atoms with Crippen molar-refractivity contribution in [1.29, 1.82) is 0 Å². The maximum atomic E-state index is 11.6. The number of nitrogens with one attached hydrogen (secondary N) is 3. The first-order valence-corrected chi connectivity index (χ1v) is 7.61. The lowest BCUT2D eigenvalue weighted by Crippen LogP contribution is -2.30. The third kappa shape index (κ3) is 4.02. The highest BCUT2D eigenvalue weighted by molar-refractivity contribution is 6.36. The molecule has 0 unspecified atom stereocenters. The van der Waals surface area contributed by atoms with E-state index in [2.05, 4.69) is 20.9 Å². The summed E-state index contributed by atoms with van der Waals surface area (Å²) in [6, 6.07) is 8.83. The van der Waals surface area contributed by atoms with Crippen molar-refractivity contribution in [3.63, 3.8) is 0 Å². The Balaban J connectivity index is 1.62. The number of aromatic nitrogens is 1. The van der Waals surface area contributed by atoms with Gasteiger partial charge in [0.25, 0.3) is 0 Å². The SMILES string of the molecule is O=C(Nc1ccc(Nc2ccc(Cl)cc2Cl)cn1)NC1CC1. The van der Waals surface area contributed by atoms with Gasteiger partial charge in [-0.15, -0.1) is 0 Å². The van der Waals surface area contributed by atoms with E-state index in [0.29, 0.717) is 21.9 Å². The minimum absolute atomic E-state index is 0.226. The number of rotatable bonds is 4. The van der Waals surface area contributed by atoms with E-state index in [-0.39, 0.29) is 6.03 Å². The Morgan fingerprint density at radius 1 is 1.18 bits per heavy atom. The molecule has 1 aromatic heterocycles. The number of hydrogen-bond donors (Lipinski definition) is 3. The van der Waals surface area contributed by atoms with E-state index < -0.39 is 0 Å². The van der Waals surface area contributed by atoms with Crippen LogP contribution in [-0.4, -0.2) is 17.1 Å². The number of halogens is 2. The van der Waals surface area contributed by atoms with Gasteiger partial charge in [-0.25, -0.2) is 9.78 Å². The third-order valence-corrected chi connectivity index (χ3v) is 3.68. The summed E-state index contributed by atoms with van der Waals surface area (Å²) in [4.78, 5) is 15.8. The van der Waals surface area contributed by atoms with Crippen molar-refractivity contribution in [3.05, 3.63) is 46.6 Å². The zero-order valence-corrected chi connectivity index (χ0v) is 13.1. The van der Waals surface area contributed by atoms with Crippen molar-refractivity contribution in [2.24, 2.45) is 0 Å². The van der Waals surface area contributed by atoms with Gasteiger partial charge >= 0.3 is 6.03 Å². The predicted octanol–water partition coefficient (Wildman–Crippen LogP) is 4.42. The van der Waals surface area contributed by atoms with Crippen LogP contribution in [0.1, 0.15) is 12.8 Å². The molecule has 1 fully saturated rings. The van der Waals surface area contributed by atoms with Crippen LogP contribution in [0, 0.1) is 0 Å². The van der Waals surface area contributed by atoms with Gasteiger partial charge in [0.15, 0.2) is 0 Å². The summed E-state index contributed by atoms with van der Waals surface area (Å²) in [7, 11) is 0. The summed E-state index contributed by atoms with van der Waals surface area (Å²) in [6.45, 7) is 0. The Bertz CT molecular complexity index is 686. The number of benzene rings is 1. The Morgan fingerprint density at radius 3 is 2.64 bits per heavy atom. The van der Waals surface area contributed by atoms with Crippen LogP contribution in [0.3, 0.4) is 0 Å². The van der Waals surface area contributed by atoms with Gasteiger partial charge in [0.2, 0.25) is 0 Å². The van der Waals surface area contributed by atoms with Crippen LogP contribution in [0.25, 0.3) is 0 Å². The van der Waals surface area contributed by atoms with Gasteiger partial charge in [-0.1, -0.05) is 23.2 Å². The molecule has 3 N–H and O–H groups in total. The third-order valence-electron chi connectivity index (χ3n) is 3.13. The molecule has 3 rings (SSSR count). The van der Waals surface area contributed by atoms with Crippen LogP contribution < -0.4 is 16.0 Å². The molecule has 5 nitrogen and oxygen atoms in total. The topological polar surface area (TPSA) is 66.0 Å². The maximum Gasteiger partial charge on any atom is 0.320 e. The molecule has 2 amide bonds. The van der Waals surface area contributed by atoms with E-state index in [9.17, 15) is 4.79 Å². The van der Waals surface area contributed by atoms with Crippen molar-refractivity contribution in [3.8, 4) is 0 Å². The van der Waals surface area contributed by atoms with E-state index in [0.717, 1.165) is 24.2 Å². The summed E-state index contributed by atoms with van der Waals surface area (Å²) < 4.78 is 0. The zero-order chi connectivity index (χ0) is 15.5.